The van der Waals surface area contributed by atoms with Crippen LogP contribution in [0.5, 0.6) is 0 Å². The second kappa shape index (κ2) is 13.6. The molecule has 0 aliphatic heterocycles. The fraction of sp³-hybridized carbons (Fsp3) is 0.200. The number of hydrogen-bond acceptors (Lipinski definition) is 7. The van der Waals surface area contributed by atoms with Crippen LogP contribution in [0.1, 0.15) is 24.8 Å². The largest absolute Gasteiger partial charge is 0.469 e. The molecular weight excluding hydrogens is 564 g/mol. The number of nitrogens with zero attached hydrogens (tertiary/aromatic N) is 3. The molecule has 5 aromatic rings. The first-order chi connectivity index (χ1) is 19.3. The molecule has 0 aliphatic rings. The topological polar surface area (TPSA) is 101 Å². The molecule has 0 spiro atoms. The molecular formula is C30H29ClN4O3S2. The van der Waals surface area contributed by atoms with Gasteiger partial charge in [-0.25, -0.2) is 13.1 Å². The predicted octanol–water partition coefficient (Wildman–Crippen LogP) is 7.17. The van der Waals surface area contributed by atoms with E-state index in [-0.39, 0.29) is 0 Å². The lowest BCUT2D eigenvalue weighted by atomic mass is 10.2. The Hall–Kier alpha value is -3.68. The van der Waals surface area contributed by atoms with E-state index in [1.807, 2.05) is 65.3 Å². The molecule has 1 N–H and O–H groups in total. The number of furan rings is 1. The van der Waals surface area contributed by atoms with Crippen molar-refractivity contribution in [1.29, 1.82) is 5.26 Å². The van der Waals surface area contributed by atoms with E-state index in [2.05, 4.69) is 18.3 Å². The number of sulfone groups is 1. The Morgan fingerprint density at radius 3 is 2.52 bits per heavy atom. The molecule has 2 aromatic carbocycles. The molecule has 0 amide bonds. The number of nitrogens with one attached hydrogen (secondary N) is 1. The van der Waals surface area contributed by atoms with Crippen LogP contribution in [0.25, 0.3) is 26.7 Å². The van der Waals surface area contributed by atoms with Crippen molar-refractivity contribution >= 4 is 32.8 Å². The standard InChI is InChI=1S/C24H21ClN4O2S2.C6H8O/c1-33(30,31)19-7-4-6-17(14-19)23-10-11-24(32-23)22-15-18(16-27-13-5-12-26)28-29(22)21-9-3-2-8-20(21)25;1-2-6-4-3-5-7-6/h2-4,6-11,14-15,27H,5,13,16H2,1H3;3-5H,2H2,1H3. The Bertz CT molecular complexity index is 1700. The fourth-order valence-electron chi connectivity index (χ4n) is 3.88. The lowest BCUT2D eigenvalue weighted by molar-refractivity contribution is 0.516. The molecule has 0 saturated carbocycles. The number of nitriles is 1. The van der Waals surface area contributed by atoms with Crippen LogP contribution in [-0.2, 0) is 22.8 Å². The Labute approximate surface area is 243 Å². The van der Waals surface area contributed by atoms with Crippen molar-refractivity contribution in [1.82, 2.24) is 15.1 Å². The Morgan fingerprint density at radius 1 is 1.05 bits per heavy atom. The maximum atomic E-state index is 12.0. The number of benzene rings is 2. The summed E-state index contributed by atoms with van der Waals surface area (Å²) in [4.78, 5) is 2.23. The van der Waals surface area contributed by atoms with Crippen LogP contribution in [0.2, 0.25) is 5.02 Å². The van der Waals surface area contributed by atoms with Crippen molar-refractivity contribution < 1.29 is 12.8 Å². The van der Waals surface area contributed by atoms with Crippen LogP contribution in [0.4, 0.5) is 0 Å². The van der Waals surface area contributed by atoms with Crippen molar-refractivity contribution in [3.63, 3.8) is 0 Å². The van der Waals surface area contributed by atoms with Crippen molar-refractivity contribution in [3.8, 4) is 32.8 Å². The average molecular weight is 593 g/mol. The average Bonchev–Trinajstić information content (AvgIpc) is 3.72. The molecule has 5 rings (SSSR count). The minimum absolute atomic E-state index is 0.293. The molecule has 0 aliphatic carbocycles. The Kier molecular flexibility index (Phi) is 9.96. The summed E-state index contributed by atoms with van der Waals surface area (Å²) in [5.74, 6) is 1.06. The number of hydrogen-bond donors (Lipinski definition) is 1. The zero-order valence-electron chi connectivity index (χ0n) is 22.2. The van der Waals surface area contributed by atoms with Gasteiger partial charge in [0.05, 0.1) is 44.2 Å². The Balaban J connectivity index is 0.000000461. The fourth-order valence-corrected chi connectivity index (χ4v) is 5.77. The van der Waals surface area contributed by atoms with Crippen LogP contribution in [0.15, 0.2) is 94.4 Å². The first kappa shape index (κ1) is 29.3. The summed E-state index contributed by atoms with van der Waals surface area (Å²) in [7, 11) is -3.29. The number of rotatable bonds is 9. The minimum atomic E-state index is -3.29. The van der Waals surface area contributed by atoms with E-state index in [1.165, 1.54) is 6.26 Å². The van der Waals surface area contributed by atoms with Gasteiger partial charge in [0.15, 0.2) is 9.84 Å². The zero-order chi connectivity index (χ0) is 28.5. The summed E-state index contributed by atoms with van der Waals surface area (Å²) in [5, 5.41) is 17.3. The third-order valence-corrected chi connectivity index (χ3v) is 8.48. The summed E-state index contributed by atoms with van der Waals surface area (Å²) in [6, 6.07) is 26.5. The van der Waals surface area contributed by atoms with E-state index in [1.54, 1.807) is 35.8 Å². The molecule has 0 saturated heterocycles. The van der Waals surface area contributed by atoms with Gasteiger partial charge in [-0.3, -0.25) is 0 Å². The highest BCUT2D eigenvalue weighted by Gasteiger charge is 2.17. The molecule has 0 fully saturated rings. The van der Waals surface area contributed by atoms with Gasteiger partial charge in [0.25, 0.3) is 0 Å². The van der Waals surface area contributed by atoms with Gasteiger partial charge in [0, 0.05) is 37.1 Å². The van der Waals surface area contributed by atoms with Gasteiger partial charge >= 0.3 is 0 Å². The summed E-state index contributed by atoms with van der Waals surface area (Å²) < 4.78 is 30.7. The number of aromatic nitrogens is 2. The van der Waals surface area contributed by atoms with E-state index < -0.39 is 9.84 Å². The smallest absolute Gasteiger partial charge is 0.175 e. The molecule has 0 bridgehead atoms. The summed E-state index contributed by atoms with van der Waals surface area (Å²) >= 11 is 8.02. The first-order valence-corrected chi connectivity index (χ1v) is 15.7. The van der Waals surface area contributed by atoms with Gasteiger partial charge in [-0.15, -0.1) is 11.3 Å². The maximum absolute atomic E-state index is 12.0. The van der Waals surface area contributed by atoms with E-state index in [0.717, 1.165) is 44.6 Å². The van der Waals surface area contributed by atoms with Crippen LogP contribution in [-0.4, -0.2) is 31.0 Å². The van der Waals surface area contributed by atoms with Crippen molar-refractivity contribution in [2.24, 2.45) is 0 Å². The summed E-state index contributed by atoms with van der Waals surface area (Å²) in [5.41, 5.74) is 3.33. The first-order valence-electron chi connectivity index (χ1n) is 12.6. The Morgan fingerprint density at radius 2 is 1.85 bits per heavy atom. The van der Waals surface area contributed by atoms with Gasteiger partial charge in [-0.05, 0) is 60.2 Å². The van der Waals surface area contributed by atoms with Crippen LogP contribution < -0.4 is 5.32 Å². The molecule has 7 nitrogen and oxygen atoms in total. The highest BCUT2D eigenvalue weighted by atomic mass is 35.5. The highest BCUT2D eigenvalue weighted by Crippen LogP contribution is 2.37. The normalized spacial score (nSPS) is 11.1. The summed E-state index contributed by atoms with van der Waals surface area (Å²) in [6.07, 6.45) is 4.32. The van der Waals surface area contributed by atoms with Crippen LogP contribution in [0.3, 0.4) is 0 Å². The van der Waals surface area contributed by atoms with Gasteiger partial charge in [0.2, 0.25) is 0 Å². The van der Waals surface area contributed by atoms with E-state index in [0.29, 0.717) is 29.4 Å². The van der Waals surface area contributed by atoms with Gasteiger partial charge in [-0.2, -0.15) is 10.4 Å². The molecule has 10 heteroatoms. The molecule has 3 aromatic heterocycles. The summed E-state index contributed by atoms with van der Waals surface area (Å²) in [6.45, 7) is 3.18. The van der Waals surface area contributed by atoms with E-state index in [4.69, 9.17) is 26.4 Å². The maximum Gasteiger partial charge on any atom is 0.175 e. The second-order valence-electron chi connectivity index (χ2n) is 8.87. The molecule has 0 unspecified atom stereocenters. The lowest BCUT2D eigenvalue weighted by Crippen LogP contribution is -2.14. The quantitative estimate of drug-likeness (QED) is 0.182. The number of thiophene rings is 1. The van der Waals surface area contributed by atoms with Crippen molar-refractivity contribution in [3.05, 3.63) is 102 Å². The number of aryl methyl sites for hydroxylation is 1. The lowest BCUT2D eigenvalue weighted by Gasteiger charge is -2.08. The van der Waals surface area contributed by atoms with E-state index >= 15 is 0 Å². The van der Waals surface area contributed by atoms with Gasteiger partial charge in [-0.1, -0.05) is 42.8 Å². The molecule has 3 heterocycles. The molecule has 0 atom stereocenters. The number of para-hydroxylation sites is 1. The second-order valence-corrected chi connectivity index (χ2v) is 12.4. The van der Waals surface area contributed by atoms with Crippen molar-refractivity contribution in [2.75, 3.05) is 12.8 Å². The van der Waals surface area contributed by atoms with Crippen LogP contribution >= 0.6 is 22.9 Å². The highest BCUT2D eigenvalue weighted by molar-refractivity contribution is 7.90. The number of halogens is 1. The SMILES string of the molecule is CCc1ccco1.CS(=O)(=O)c1cccc(-c2ccc(-c3cc(CNCCC#N)nn3-c3ccccc3Cl)s2)c1. The van der Waals surface area contributed by atoms with E-state index in [9.17, 15) is 8.42 Å². The van der Waals surface area contributed by atoms with Gasteiger partial charge in [0.1, 0.15) is 5.76 Å². The van der Waals surface area contributed by atoms with Crippen LogP contribution in [0, 0.1) is 11.3 Å². The molecule has 40 heavy (non-hydrogen) atoms. The third-order valence-electron chi connectivity index (χ3n) is 5.89. The molecule has 206 valence electrons. The molecule has 0 radical (unpaired) electrons. The van der Waals surface area contributed by atoms with Crippen molar-refractivity contribution in [2.45, 2.75) is 31.2 Å². The third kappa shape index (κ3) is 7.49. The zero-order valence-corrected chi connectivity index (χ0v) is 24.6. The monoisotopic (exact) mass is 592 g/mol. The minimum Gasteiger partial charge on any atom is -0.469 e. The predicted molar refractivity (Wildman–Crippen MR) is 160 cm³/mol. The van der Waals surface area contributed by atoms with Gasteiger partial charge < -0.3 is 9.73 Å².